The first kappa shape index (κ1) is 10.8. The summed E-state index contributed by atoms with van der Waals surface area (Å²) in [5.74, 6) is 0. The molecule has 5 heteroatoms. The van der Waals surface area contributed by atoms with Crippen molar-refractivity contribution >= 4 is 11.6 Å². The second-order valence-electron chi connectivity index (χ2n) is 3.92. The highest BCUT2D eigenvalue weighted by molar-refractivity contribution is 6.29. The van der Waals surface area contributed by atoms with Gasteiger partial charge in [-0.2, -0.15) is 0 Å². The summed E-state index contributed by atoms with van der Waals surface area (Å²) >= 11 is 5.68. The molecule has 0 amide bonds. The molecular formula is C10H15ClN4. The second-order valence-corrected chi connectivity index (χ2v) is 4.31. The van der Waals surface area contributed by atoms with E-state index in [1.807, 2.05) is 0 Å². The van der Waals surface area contributed by atoms with Crippen molar-refractivity contribution < 1.29 is 0 Å². The maximum absolute atomic E-state index is 5.68. The lowest BCUT2D eigenvalue weighted by Gasteiger charge is -2.31. The molecule has 15 heavy (non-hydrogen) atoms. The molecule has 1 fully saturated rings. The third-order valence-electron chi connectivity index (χ3n) is 2.51. The van der Waals surface area contributed by atoms with Crippen LogP contribution in [0.5, 0.6) is 0 Å². The number of aromatic nitrogens is 2. The highest BCUT2D eigenvalue weighted by Gasteiger charge is 2.15. The van der Waals surface area contributed by atoms with Gasteiger partial charge in [0.25, 0.3) is 0 Å². The van der Waals surface area contributed by atoms with Crippen molar-refractivity contribution in [2.75, 3.05) is 19.6 Å². The molecule has 0 aromatic carbocycles. The molecule has 0 radical (unpaired) electrons. The monoisotopic (exact) mass is 226 g/mol. The first-order valence-corrected chi connectivity index (χ1v) is 5.54. The summed E-state index contributed by atoms with van der Waals surface area (Å²) < 4.78 is 0. The number of nitrogens with one attached hydrogen (secondary N) is 1. The second kappa shape index (κ2) is 4.88. The largest absolute Gasteiger partial charge is 0.312 e. The quantitative estimate of drug-likeness (QED) is 0.815. The van der Waals surface area contributed by atoms with Crippen molar-refractivity contribution in [2.45, 2.75) is 19.5 Å². The van der Waals surface area contributed by atoms with Crippen LogP contribution in [0.2, 0.25) is 5.15 Å². The third-order valence-corrected chi connectivity index (χ3v) is 2.71. The average Bonchev–Trinajstić information content (AvgIpc) is 2.22. The molecule has 0 saturated carbocycles. The molecule has 1 atom stereocenters. The molecule has 82 valence electrons. The number of halogens is 1. The molecule has 2 rings (SSSR count). The first-order valence-electron chi connectivity index (χ1n) is 5.16. The third kappa shape index (κ3) is 3.12. The van der Waals surface area contributed by atoms with E-state index in [0.29, 0.717) is 11.2 Å². The standard InChI is InChI=1S/C10H15ClN4/c1-8-6-15(3-2-12-8)7-9-4-14-10(11)5-13-9/h4-5,8,12H,2-3,6-7H2,1H3/t8-/m0/s1. The highest BCUT2D eigenvalue weighted by atomic mass is 35.5. The van der Waals surface area contributed by atoms with Crippen molar-refractivity contribution in [1.82, 2.24) is 20.2 Å². The topological polar surface area (TPSA) is 41.1 Å². The van der Waals surface area contributed by atoms with Gasteiger partial charge >= 0.3 is 0 Å². The van der Waals surface area contributed by atoms with Crippen LogP contribution in [-0.2, 0) is 6.54 Å². The maximum atomic E-state index is 5.68. The van der Waals surface area contributed by atoms with Gasteiger partial charge in [-0.3, -0.25) is 9.88 Å². The molecule has 0 bridgehead atoms. The van der Waals surface area contributed by atoms with E-state index >= 15 is 0 Å². The van der Waals surface area contributed by atoms with Crippen LogP contribution >= 0.6 is 11.6 Å². The van der Waals surface area contributed by atoms with Crippen LogP contribution in [0, 0.1) is 0 Å². The summed E-state index contributed by atoms with van der Waals surface area (Å²) in [6, 6.07) is 0.555. The van der Waals surface area contributed by atoms with Gasteiger partial charge in [-0.15, -0.1) is 0 Å². The number of nitrogens with zero attached hydrogens (tertiary/aromatic N) is 3. The van der Waals surface area contributed by atoms with E-state index in [9.17, 15) is 0 Å². The lowest BCUT2D eigenvalue weighted by Crippen LogP contribution is -2.48. The molecule has 1 aliphatic rings. The van der Waals surface area contributed by atoms with E-state index in [-0.39, 0.29) is 0 Å². The summed E-state index contributed by atoms with van der Waals surface area (Å²) in [6.07, 6.45) is 3.34. The van der Waals surface area contributed by atoms with E-state index in [2.05, 4.69) is 27.1 Å². The fourth-order valence-corrected chi connectivity index (χ4v) is 1.90. The van der Waals surface area contributed by atoms with Gasteiger partial charge in [0.1, 0.15) is 5.15 Å². The summed E-state index contributed by atoms with van der Waals surface area (Å²) in [7, 11) is 0. The van der Waals surface area contributed by atoms with Crippen LogP contribution in [0.1, 0.15) is 12.6 Å². The molecule has 0 unspecified atom stereocenters. The lowest BCUT2D eigenvalue weighted by atomic mass is 10.2. The van der Waals surface area contributed by atoms with Crippen LogP contribution in [0.4, 0.5) is 0 Å². The van der Waals surface area contributed by atoms with Gasteiger partial charge in [0.2, 0.25) is 0 Å². The van der Waals surface area contributed by atoms with Crippen LogP contribution in [-0.4, -0.2) is 40.5 Å². The minimum absolute atomic E-state index is 0.451. The van der Waals surface area contributed by atoms with Gasteiger partial charge in [-0.1, -0.05) is 11.6 Å². The molecular weight excluding hydrogens is 212 g/mol. The molecule has 1 aromatic rings. The zero-order valence-corrected chi connectivity index (χ0v) is 9.54. The Bertz CT molecular complexity index is 314. The van der Waals surface area contributed by atoms with Crippen LogP contribution < -0.4 is 5.32 Å². The number of hydrogen-bond donors (Lipinski definition) is 1. The first-order chi connectivity index (χ1) is 7.24. The summed E-state index contributed by atoms with van der Waals surface area (Å²) in [5.41, 5.74) is 0.980. The average molecular weight is 227 g/mol. The zero-order chi connectivity index (χ0) is 10.7. The van der Waals surface area contributed by atoms with Crippen LogP contribution in [0.15, 0.2) is 12.4 Å². The lowest BCUT2D eigenvalue weighted by molar-refractivity contribution is 0.197. The van der Waals surface area contributed by atoms with Crippen molar-refractivity contribution in [3.8, 4) is 0 Å². The predicted octanol–water partition coefficient (Wildman–Crippen LogP) is 0.924. The van der Waals surface area contributed by atoms with Gasteiger partial charge in [-0.25, -0.2) is 4.98 Å². The fourth-order valence-electron chi connectivity index (χ4n) is 1.81. The minimum Gasteiger partial charge on any atom is -0.312 e. The van der Waals surface area contributed by atoms with E-state index < -0.39 is 0 Å². The molecule has 2 heterocycles. The predicted molar refractivity (Wildman–Crippen MR) is 59.8 cm³/mol. The van der Waals surface area contributed by atoms with Crippen molar-refractivity contribution in [3.05, 3.63) is 23.2 Å². The van der Waals surface area contributed by atoms with Gasteiger partial charge in [0.15, 0.2) is 0 Å². The van der Waals surface area contributed by atoms with Crippen molar-refractivity contribution in [3.63, 3.8) is 0 Å². The maximum Gasteiger partial charge on any atom is 0.147 e. The Morgan fingerprint density at radius 1 is 1.53 bits per heavy atom. The zero-order valence-electron chi connectivity index (χ0n) is 8.78. The normalized spacial score (nSPS) is 22.9. The van der Waals surface area contributed by atoms with E-state index in [0.717, 1.165) is 31.9 Å². The molecule has 0 spiro atoms. The Morgan fingerprint density at radius 3 is 3.07 bits per heavy atom. The molecule has 1 saturated heterocycles. The van der Waals surface area contributed by atoms with Gasteiger partial charge in [0.05, 0.1) is 18.1 Å². The molecule has 4 nitrogen and oxygen atoms in total. The smallest absolute Gasteiger partial charge is 0.147 e. The van der Waals surface area contributed by atoms with Gasteiger partial charge in [-0.05, 0) is 6.92 Å². The molecule has 1 aliphatic heterocycles. The van der Waals surface area contributed by atoms with E-state index in [1.165, 1.54) is 0 Å². The number of hydrogen-bond acceptors (Lipinski definition) is 4. The Labute approximate surface area is 94.7 Å². The highest BCUT2D eigenvalue weighted by Crippen LogP contribution is 2.06. The van der Waals surface area contributed by atoms with E-state index in [4.69, 9.17) is 11.6 Å². The molecule has 1 aromatic heterocycles. The van der Waals surface area contributed by atoms with Gasteiger partial charge in [0, 0.05) is 32.2 Å². The van der Waals surface area contributed by atoms with Crippen LogP contribution in [0.3, 0.4) is 0 Å². The number of piperazine rings is 1. The molecule has 1 N–H and O–H groups in total. The minimum atomic E-state index is 0.451. The SMILES string of the molecule is C[C@H]1CN(Cc2cnc(Cl)cn2)CCN1. The van der Waals surface area contributed by atoms with Gasteiger partial charge < -0.3 is 5.32 Å². The molecule has 0 aliphatic carbocycles. The summed E-state index contributed by atoms with van der Waals surface area (Å²) in [6.45, 7) is 6.22. The number of rotatable bonds is 2. The Morgan fingerprint density at radius 2 is 2.40 bits per heavy atom. The Kier molecular flexibility index (Phi) is 3.51. The van der Waals surface area contributed by atoms with E-state index in [1.54, 1.807) is 12.4 Å². The van der Waals surface area contributed by atoms with Crippen molar-refractivity contribution in [1.29, 1.82) is 0 Å². The van der Waals surface area contributed by atoms with Crippen molar-refractivity contribution in [2.24, 2.45) is 0 Å². The summed E-state index contributed by atoms with van der Waals surface area (Å²) in [5, 5.41) is 3.86. The fraction of sp³-hybridized carbons (Fsp3) is 0.600. The van der Waals surface area contributed by atoms with Crippen LogP contribution in [0.25, 0.3) is 0 Å². The Balaban J connectivity index is 1.93. The Hall–Kier alpha value is -0.710. The summed E-state index contributed by atoms with van der Waals surface area (Å²) in [4.78, 5) is 10.6.